The first-order valence-electron chi connectivity index (χ1n) is 5.05. The maximum atomic E-state index is 8.95. The average Bonchev–Trinajstić information content (AvgIpc) is 2.77. The molecular weight excluding hydrogens is 270 g/mol. The zero-order chi connectivity index (χ0) is 11.5. The molecule has 0 atom stereocenters. The van der Waals surface area contributed by atoms with Gasteiger partial charge in [0, 0.05) is 4.47 Å². The molecule has 0 aliphatic heterocycles. The third-order valence-electron chi connectivity index (χ3n) is 2.37. The van der Waals surface area contributed by atoms with Gasteiger partial charge in [-0.05, 0) is 30.2 Å². The van der Waals surface area contributed by atoms with E-state index in [2.05, 4.69) is 39.2 Å². The fraction of sp³-hybridized carbons (Fsp3) is 0.273. The van der Waals surface area contributed by atoms with Crippen LogP contribution in [-0.2, 0) is 13.0 Å². The van der Waals surface area contributed by atoms with Gasteiger partial charge < -0.3 is 5.11 Å². The number of rotatable bonds is 3. The largest absolute Gasteiger partial charge is 0.390 e. The number of hydrogen-bond donors (Lipinski definition) is 1. The van der Waals surface area contributed by atoms with E-state index in [4.69, 9.17) is 5.11 Å². The van der Waals surface area contributed by atoms with Crippen molar-refractivity contribution >= 4 is 15.9 Å². The maximum absolute atomic E-state index is 8.95. The highest BCUT2D eigenvalue weighted by molar-refractivity contribution is 9.10. The summed E-state index contributed by atoms with van der Waals surface area (Å²) >= 11 is 3.44. The molecule has 1 aromatic carbocycles. The molecule has 2 rings (SSSR count). The summed E-state index contributed by atoms with van der Waals surface area (Å²) in [5.74, 6) is 0. The second-order valence-electron chi connectivity index (χ2n) is 3.44. The first-order valence-corrected chi connectivity index (χ1v) is 5.84. The standard InChI is InChI=1S/C11H12BrN3O/c1-2-8-5-9(12)3-4-11(8)15-6-10(7-16)13-14-15/h3-6,16H,2,7H2,1H3. The van der Waals surface area contributed by atoms with E-state index in [0.717, 1.165) is 16.6 Å². The molecule has 0 amide bonds. The van der Waals surface area contributed by atoms with Gasteiger partial charge in [-0.25, -0.2) is 4.68 Å². The normalized spacial score (nSPS) is 10.7. The minimum atomic E-state index is -0.0853. The van der Waals surface area contributed by atoms with Crippen LogP contribution in [0.2, 0.25) is 0 Å². The molecule has 0 saturated heterocycles. The van der Waals surface area contributed by atoms with Crippen molar-refractivity contribution in [3.05, 3.63) is 40.1 Å². The molecule has 2 aromatic rings. The van der Waals surface area contributed by atoms with E-state index in [0.29, 0.717) is 5.69 Å². The van der Waals surface area contributed by atoms with Crippen LogP contribution >= 0.6 is 15.9 Å². The smallest absolute Gasteiger partial charge is 0.109 e. The van der Waals surface area contributed by atoms with Crippen LogP contribution in [0.4, 0.5) is 0 Å². The number of benzene rings is 1. The van der Waals surface area contributed by atoms with E-state index < -0.39 is 0 Å². The van der Waals surface area contributed by atoms with Crippen LogP contribution in [-0.4, -0.2) is 20.1 Å². The predicted octanol–water partition coefficient (Wildman–Crippen LogP) is 2.08. The second-order valence-corrected chi connectivity index (χ2v) is 4.35. The monoisotopic (exact) mass is 281 g/mol. The van der Waals surface area contributed by atoms with Gasteiger partial charge in [-0.3, -0.25) is 0 Å². The Kier molecular flexibility index (Phi) is 3.36. The minimum absolute atomic E-state index is 0.0853. The van der Waals surface area contributed by atoms with Crippen LogP contribution < -0.4 is 0 Å². The summed E-state index contributed by atoms with van der Waals surface area (Å²) in [7, 11) is 0. The van der Waals surface area contributed by atoms with Gasteiger partial charge in [0.25, 0.3) is 0 Å². The second kappa shape index (κ2) is 4.76. The van der Waals surface area contributed by atoms with Crippen molar-refractivity contribution in [1.82, 2.24) is 15.0 Å². The van der Waals surface area contributed by atoms with Crippen molar-refractivity contribution in [3.63, 3.8) is 0 Å². The van der Waals surface area contributed by atoms with Crippen molar-refractivity contribution < 1.29 is 5.11 Å². The first-order chi connectivity index (χ1) is 7.74. The molecule has 0 aliphatic carbocycles. The Bertz CT molecular complexity index is 496. The van der Waals surface area contributed by atoms with E-state index >= 15 is 0 Å². The van der Waals surface area contributed by atoms with Crippen LogP contribution in [0.25, 0.3) is 5.69 Å². The number of aromatic nitrogens is 3. The van der Waals surface area contributed by atoms with E-state index in [1.807, 2.05) is 12.1 Å². The van der Waals surface area contributed by atoms with Gasteiger partial charge >= 0.3 is 0 Å². The molecule has 84 valence electrons. The van der Waals surface area contributed by atoms with E-state index in [-0.39, 0.29) is 6.61 Å². The van der Waals surface area contributed by atoms with Crippen LogP contribution in [0.3, 0.4) is 0 Å². The van der Waals surface area contributed by atoms with Gasteiger partial charge in [0.05, 0.1) is 18.5 Å². The summed E-state index contributed by atoms with van der Waals surface area (Å²) in [5.41, 5.74) is 2.76. The third-order valence-corrected chi connectivity index (χ3v) is 2.87. The van der Waals surface area contributed by atoms with Gasteiger partial charge in [-0.15, -0.1) is 5.10 Å². The molecule has 1 heterocycles. The molecular formula is C11H12BrN3O. The number of aryl methyl sites for hydroxylation is 1. The molecule has 0 bridgehead atoms. The highest BCUT2D eigenvalue weighted by Crippen LogP contribution is 2.20. The first kappa shape index (κ1) is 11.3. The van der Waals surface area contributed by atoms with Gasteiger partial charge in [0.15, 0.2) is 0 Å². The lowest BCUT2D eigenvalue weighted by Crippen LogP contribution is -1.99. The summed E-state index contributed by atoms with van der Waals surface area (Å²) in [4.78, 5) is 0. The molecule has 0 radical (unpaired) electrons. The van der Waals surface area contributed by atoms with Crippen molar-refractivity contribution in [1.29, 1.82) is 0 Å². The van der Waals surface area contributed by atoms with Crippen molar-refractivity contribution in [2.75, 3.05) is 0 Å². The number of nitrogens with zero attached hydrogens (tertiary/aromatic N) is 3. The van der Waals surface area contributed by atoms with Crippen LogP contribution in [0.15, 0.2) is 28.9 Å². The highest BCUT2D eigenvalue weighted by Gasteiger charge is 2.06. The molecule has 0 aliphatic rings. The Morgan fingerprint density at radius 3 is 2.88 bits per heavy atom. The summed E-state index contributed by atoms with van der Waals surface area (Å²) < 4.78 is 2.74. The van der Waals surface area contributed by atoms with E-state index in [1.54, 1.807) is 10.9 Å². The van der Waals surface area contributed by atoms with E-state index in [9.17, 15) is 0 Å². The minimum Gasteiger partial charge on any atom is -0.390 e. The summed E-state index contributed by atoms with van der Waals surface area (Å²) in [6, 6.07) is 6.02. The Morgan fingerprint density at radius 1 is 1.44 bits per heavy atom. The number of aliphatic hydroxyl groups excluding tert-OH is 1. The molecule has 0 saturated carbocycles. The van der Waals surface area contributed by atoms with Crippen molar-refractivity contribution in [2.45, 2.75) is 20.0 Å². The Balaban J connectivity index is 2.46. The number of halogens is 1. The summed E-state index contributed by atoms with van der Waals surface area (Å²) in [6.07, 6.45) is 2.66. The van der Waals surface area contributed by atoms with Crippen molar-refractivity contribution in [3.8, 4) is 5.69 Å². The molecule has 4 nitrogen and oxygen atoms in total. The van der Waals surface area contributed by atoms with Gasteiger partial charge in [0.2, 0.25) is 0 Å². The number of hydrogen-bond acceptors (Lipinski definition) is 3. The molecule has 1 aromatic heterocycles. The van der Waals surface area contributed by atoms with Gasteiger partial charge in [-0.1, -0.05) is 28.1 Å². The zero-order valence-electron chi connectivity index (χ0n) is 8.89. The Hall–Kier alpha value is -1.20. The fourth-order valence-electron chi connectivity index (χ4n) is 1.55. The predicted molar refractivity (Wildman–Crippen MR) is 64.4 cm³/mol. The lowest BCUT2D eigenvalue weighted by molar-refractivity contribution is 0.276. The lowest BCUT2D eigenvalue weighted by atomic mass is 10.1. The van der Waals surface area contributed by atoms with Crippen molar-refractivity contribution in [2.24, 2.45) is 0 Å². The highest BCUT2D eigenvalue weighted by atomic mass is 79.9. The Labute approximate surface area is 102 Å². The number of aliphatic hydroxyl groups is 1. The zero-order valence-corrected chi connectivity index (χ0v) is 10.5. The van der Waals surface area contributed by atoms with Crippen LogP contribution in [0, 0.1) is 0 Å². The Morgan fingerprint density at radius 2 is 2.25 bits per heavy atom. The molecule has 1 N–H and O–H groups in total. The average molecular weight is 282 g/mol. The van der Waals surface area contributed by atoms with Crippen LogP contribution in [0.1, 0.15) is 18.2 Å². The fourth-order valence-corrected chi connectivity index (χ4v) is 1.96. The third kappa shape index (κ3) is 2.15. The molecule has 5 heteroatoms. The van der Waals surface area contributed by atoms with Crippen LogP contribution in [0.5, 0.6) is 0 Å². The molecule has 16 heavy (non-hydrogen) atoms. The maximum Gasteiger partial charge on any atom is 0.109 e. The molecule has 0 spiro atoms. The summed E-state index contributed by atoms with van der Waals surface area (Å²) in [6.45, 7) is 2.01. The molecule has 0 fully saturated rings. The SMILES string of the molecule is CCc1cc(Br)ccc1-n1cc(CO)nn1. The van der Waals surface area contributed by atoms with E-state index in [1.165, 1.54) is 5.56 Å². The van der Waals surface area contributed by atoms with Gasteiger partial charge in [0.1, 0.15) is 5.69 Å². The summed E-state index contributed by atoms with van der Waals surface area (Å²) in [5, 5.41) is 16.8. The van der Waals surface area contributed by atoms with Gasteiger partial charge in [-0.2, -0.15) is 0 Å². The lowest BCUT2D eigenvalue weighted by Gasteiger charge is -2.07. The quantitative estimate of drug-likeness (QED) is 0.937. The topological polar surface area (TPSA) is 50.9 Å². The molecule has 0 unspecified atom stereocenters.